The summed E-state index contributed by atoms with van der Waals surface area (Å²) < 4.78 is 92.5. The van der Waals surface area contributed by atoms with Gasteiger partial charge in [-0.2, -0.15) is 26.3 Å². The number of anilines is 1. The van der Waals surface area contributed by atoms with Crippen LogP contribution in [0.25, 0.3) is 11.1 Å². The van der Waals surface area contributed by atoms with Crippen molar-refractivity contribution >= 4 is 34.7 Å². The van der Waals surface area contributed by atoms with Crippen LogP contribution in [0, 0.1) is 11.6 Å². The quantitative estimate of drug-likeness (QED) is 0.295. The number of amides is 1. The van der Waals surface area contributed by atoms with Gasteiger partial charge in [0.1, 0.15) is 11.6 Å². The minimum Gasteiger partial charge on any atom is -0.475 e. The van der Waals surface area contributed by atoms with Crippen LogP contribution in [0.2, 0.25) is 0 Å². The lowest BCUT2D eigenvalue weighted by molar-refractivity contribution is -0.193. The Labute approximate surface area is 239 Å². The Bertz CT molecular complexity index is 1360. The van der Waals surface area contributed by atoms with Gasteiger partial charge >= 0.3 is 24.3 Å². The predicted octanol–water partition coefficient (Wildman–Crippen LogP) is 5.24. The summed E-state index contributed by atoms with van der Waals surface area (Å²) in [6.07, 6.45) is -4.71. The number of carboxylic acids is 2. The Hall–Kier alpha value is -4.31. The highest BCUT2D eigenvalue weighted by molar-refractivity contribution is 6.04. The first kappa shape index (κ1) is 34.9. The molecule has 2 aromatic carbocycles. The molecule has 0 aliphatic carbocycles. The van der Waals surface area contributed by atoms with E-state index in [4.69, 9.17) is 19.8 Å². The van der Waals surface area contributed by atoms with Crippen molar-refractivity contribution in [2.45, 2.75) is 25.2 Å². The van der Waals surface area contributed by atoms with Crippen LogP contribution in [-0.4, -0.2) is 66.6 Å². The maximum Gasteiger partial charge on any atom is 0.490 e. The number of nitrogens with one attached hydrogen (secondary N) is 3. The van der Waals surface area contributed by atoms with Crippen molar-refractivity contribution in [2.24, 2.45) is 0 Å². The number of alkyl halides is 6. The van der Waals surface area contributed by atoms with Crippen molar-refractivity contribution in [3.05, 3.63) is 76.9 Å². The summed E-state index contributed by atoms with van der Waals surface area (Å²) in [5.41, 5.74) is 3.52. The highest BCUT2D eigenvalue weighted by atomic mass is 19.4. The van der Waals surface area contributed by atoms with Gasteiger partial charge in [-0.3, -0.25) is 4.79 Å². The minimum absolute atomic E-state index is 0.200. The molecule has 2 aliphatic rings. The molecule has 43 heavy (non-hydrogen) atoms. The maximum absolute atomic E-state index is 14.5. The zero-order valence-corrected chi connectivity index (χ0v) is 22.0. The molecule has 5 N–H and O–H groups in total. The summed E-state index contributed by atoms with van der Waals surface area (Å²) in [5.74, 6) is -6.79. The molecule has 0 atom stereocenters. The molecule has 234 valence electrons. The van der Waals surface area contributed by atoms with Crippen LogP contribution >= 0.6 is 0 Å². The van der Waals surface area contributed by atoms with Gasteiger partial charge in [-0.15, -0.1) is 0 Å². The normalized spacial score (nSPS) is 15.0. The van der Waals surface area contributed by atoms with Gasteiger partial charge in [0.05, 0.1) is 0 Å². The van der Waals surface area contributed by atoms with Crippen molar-refractivity contribution < 1.29 is 59.7 Å². The number of hydrogen-bond donors (Lipinski definition) is 5. The van der Waals surface area contributed by atoms with Gasteiger partial charge in [0.15, 0.2) is 0 Å². The summed E-state index contributed by atoms with van der Waals surface area (Å²) in [6, 6.07) is 9.12. The second-order valence-electron chi connectivity index (χ2n) is 8.82. The molecule has 0 spiro atoms. The van der Waals surface area contributed by atoms with E-state index in [1.165, 1.54) is 12.1 Å². The molecule has 2 heterocycles. The number of halogens is 8. The van der Waals surface area contributed by atoms with Crippen molar-refractivity contribution in [1.82, 2.24) is 10.6 Å². The zero-order chi connectivity index (χ0) is 32.4. The van der Waals surface area contributed by atoms with Gasteiger partial charge in [-0.05, 0) is 67.4 Å². The van der Waals surface area contributed by atoms with Crippen molar-refractivity contribution in [2.75, 3.05) is 31.5 Å². The topological polar surface area (TPSA) is 128 Å². The van der Waals surface area contributed by atoms with E-state index in [0.717, 1.165) is 43.6 Å². The molecule has 0 aromatic heterocycles. The molecular formula is C27H25F8N3O5. The monoisotopic (exact) mass is 623 g/mol. The number of carbonyl (C=O) groups excluding carboxylic acids is 1. The van der Waals surface area contributed by atoms with Crippen molar-refractivity contribution in [3.63, 3.8) is 0 Å². The van der Waals surface area contributed by atoms with E-state index in [0.29, 0.717) is 23.4 Å². The number of carboxylic acid groups (broad SMARTS) is 2. The number of hydrogen-bond acceptors (Lipinski definition) is 5. The third-order valence-electron chi connectivity index (χ3n) is 5.76. The molecule has 8 nitrogen and oxygen atoms in total. The van der Waals surface area contributed by atoms with Gasteiger partial charge in [0, 0.05) is 35.5 Å². The van der Waals surface area contributed by atoms with Crippen LogP contribution in [0.3, 0.4) is 0 Å². The molecule has 0 radical (unpaired) electrons. The van der Waals surface area contributed by atoms with Gasteiger partial charge in [0.25, 0.3) is 5.91 Å². The number of rotatable bonds is 4. The molecule has 0 bridgehead atoms. The summed E-state index contributed by atoms with van der Waals surface area (Å²) in [6.45, 7) is 3.06. The Balaban J connectivity index is 0.000000384. The molecule has 16 heteroatoms. The van der Waals surface area contributed by atoms with Crippen LogP contribution in [0.15, 0.2) is 48.6 Å². The van der Waals surface area contributed by atoms with Gasteiger partial charge in [0.2, 0.25) is 0 Å². The average molecular weight is 623 g/mol. The predicted molar refractivity (Wildman–Crippen MR) is 139 cm³/mol. The molecule has 2 aromatic rings. The summed E-state index contributed by atoms with van der Waals surface area (Å²) >= 11 is 0. The molecule has 0 unspecified atom stereocenters. The largest absolute Gasteiger partial charge is 0.490 e. The smallest absolute Gasteiger partial charge is 0.475 e. The van der Waals surface area contributed by atoms with Gasteiger partial charge < -0.3 is 26.2 Å². The van der Waals surface area contributed by atoms with Crippen LogP contribution in [-0.2, 0) is 9.59 Å². The Morgan fingerprint density at radius 3 is 1.47 bits per heavy atom. The molecule has 0 saturated heterocycles. The SMILES string of the molecule is O=C(Nc1ccc(C2=CCNCC2)c(F)c1)c1ccc(C2=CCNCC2)c(F)c1.O=C(O)C(F)(F)F.O=C(O)C(F)(F)F. The van der Waals surface area contributed by atoms with Crippen LogP contribution in [0.1, 0.15) is 34.3 Å². The molecule has 0 saturated carbocycles. The fourth-order valence-corrected chi connectivity index (χ4v) is 3.71. The van der Waals surface area contributed by atoms with Crippen molar-refractivity contribution in [3.8, 4) is 0 Å². The van der Waals surface area contributed by atoms with Crippen molar-refractivity contribution in [1.29, 1.82) is 0 Å². The van der Waals surface area contributed by atoms with E-state index >= 15 is 0 Å². The van der Waals surface area contributed by atoms with Crippen LogP contribution in [0.4, 0.5) is 40.8 Å². The van der Waals surface area contributed by atoms with Crippen LogP contribution in [0.5, 0.6) is 0 Å². The van der Waals surface area contributed by atoms with E-state index in [1.54, 1.807) is 24.3 Å². The third kappa shape index (κ3) is 11.1. The summed E-state index contributed by atoms with van der Waals surface area (Å²) in [5, 5.41) is 23.3. The molecule has 1 amide bonds. The lowest BCUT2D eigenvalue weighted by atomic mass is 9.98. The third-order valence-corrected chi connectivity index (χ3v) is 5.76. The maximum atomic E-state index is 14.5. The Kier molecular flexibility index (Phi) is 12.4. The first-order valence-corrected chi connectivity index (χ1v) is 12.3. The number of benzene rings is 2. The Morgan fingerprint density at radius 1 is 0.698 bits per heavy atom. The number of aliphatic carboxylic acids is 2. The van der Waals surface area contributed by atoms with Gasteiger partial charge in [-0.1, -0.05) is 18.2 Å². The second kappa shape index (κ2) is 15.2. The Morgan fingerprint density at radius 2 is 1.12 bits per heavy atom. The highest BCUT2D eigenvalue weighted by Gasteiger charge is 2.38. The van der Waals surface area contributed by atoms with E-state index in [9.17, 15) is 39.9 Å². The standard InChI is InChI=1S/C23H23F2N3O.2C2HF3O2/c24-21-13-17(1-3-19(21)15-5-9-26-10-6-15)23(29)28-18-2-4-20(22(25)14-18)16-7-11-27-12-8-16;2*3-2(4,5)1(6)7/h1-5,7,13-14,26-27H,6,8-12H2,(H,28,29);2*(H,6,7). The molecule has 0 fully saturated rings. The lowest BCUT2D eigenvalue weighted by Gasteiger charge is -2.16. The van der Waals surface area contributed by atoms with Gasteiger partial charge in [-0.25, -0.2) is 18.4 Å². The van der Waals surface area contributed by atoms with E-state index < -0.39 is 36.0 Å². The van der Waals surface area contributed by atoms with E-state index in [2.05, 4.69) is 16.0 Å². The van der Waals surface area contributed by atoms with E-state index in [1.807, 2.05) is 12.2 Å². The first-order valence-electron chi connectivity index (χ1n) is 12.3. The summed E-state index contributed by atoms with van der Waals surface area (Å²) in [7, 11) is 0. The molecule has 2 aliphatic heterocycles. The van der Waals surface area contributed by atoms with E-state index in [-0.39, 0.29) is 11.4 Å². The fourth-order valence-electron chi connectivity index (χ4n) is 3.71. The summed E-state index contributed by atoms with van der Waals surface area (Å²) in [4.78, 5) is 30.3. The fraction of sp³-hybridized carbons (Fsp3) is 0.296. The first-order chi connectivity index (χ1) is 20.0. The average Bonchev–Trinajstić information content (AvgIpc) is 2.93. The second-order valence-corrected chi connectivity index (χ2v) is 8.82. The lowest BCUT2D eigenvalue weighted by Crippen LogP contribution is -2.21. The highest BCUT2D eigenvalue weighted by Crippen LogP contribution is 2.26. The zero-order valence-electron chi connectivity index (χ0n) is 22.0. The number of carbonyl (C=O) groups is 3. The minimum atomic E-state index is -5.08. The van der Waals surface area contributed by atoms with Crippen LogP contribution < -0.4 is 16.0 Å². The molecular weight excluding hydrogens is 598 g/mol. The molecule has 4 rings (SSSR count).